The topological polar surface area (TPSA) is 58.7 Å². The summed E-state index contributed by atoms with van der Waals surface area (Å²) < 4.78 is 3.26. The van der Waals surface area contributed by atoms with Gasteiger partial charge in [0.05, 0.1) is 6.54 Å². The molecule has 92 valence electrons. The lowest BCUT2D eigenvalue weighted by atomic mass is 10.1. The van der Waals surface area contributed by atoms with E-state index in [0.29, 0.717) is 6.54 Å². The van der Waals surface area contributed by atoms with Crippen LogP contribution < -0.4 is 15.9 Å². The zero-order valence-electron chi connectivity index (χ0n) is 9.93. The van der Waals surface area contributed by atoms with Crippen molar-refractivity contribution in [3.05, 3.63) is 57.1 Å². The summed E-state index contributed by atoms with van der Waals surface area (Å²) in [6.07, 6.45) is 2.75. The Morgan fingerprint density at radius 3 is 2.67 bits per heavy atom. The van der Waals surface area contributed by atoms with Crippen molar-refractivity contribution < 1.29 is 4.57 Å². The van der Waals surface area contributed by atoms with Gasteiger partial charge in [-0.3, -0.25) is 0 Å². The Morgan fingerprint density at radius 1 is 1.11 bits per heavy atom. The highest BCUT2D eigenvalue weighted by molar-refractivity contribution is 5.31. The summed E-state index contributed by atoms with van der Waals surface area (Å²) in [5, 5.41) is 0. The van der Waals surface area contributed by atoms with Crippen LogP contribution in [-0.2, 0) is 13.0 Å². The van der Waals surface area contributed by atoms with Gasteiger partial charge in [-0.25, -0.2) is 9.59 Å². The Balaban J connectivity index is 2.33. The molecule has 0 saturated carbocycles. The summed E-state index contributed by atoms with van der Waals surface area (Å²) in [6, 6.07) is 9.41. The lowest BCUT2D eigenvalue weighted by molar-refractivity contribution is -0.730. The van der Waals surface area contributed by atoms with Crippen molar-refractivity contribution in [3.63, 3.8) is 0 Å². The zero-order valence-corrected chi connectivity index (χ0v) is 9.93. The highest BCUT2D eigenvalue weighted by Gasteiger charge is 2.24. The molecule has 18 heavy (non-hydrogen) atoms. The average Bonchev–Trinajstić information content (AvgIpc) is 2.40. The third-order valence-corrected chi connectivity index (χ3v) is 3.28. The van der Waals surface area contributed by atoms with Crippen LogP contribution in [0.5, 0.6) is 0 Å². The van der Waals surface area contributed by atoms with Gasteiger partial charge in [0.2, 0.25) is 5.82 Å². The fourth-order valence-electron chi connectivity index (χ4n) is 2.44. The van der Waals surface area contributed by atoms with Crippen LogP contribution in [0, 0.1) is 0 Å². The molecule has 1 N–H and O–H groups in total. The van der Waals surface area contributed by atoms with Crippen LogP contribution in [0.1, 0.15) is 18.7 Å². The van der Waals surface area contributed by atoms with Gasteiger partial charge in [-0.1, -0.05) is 18.2 Å². The number of aromatic nitrogens is 3. The van der Waals surface area contributed by atoms with Gasteiger partial charge in [0.1, 0.15) is 5.69 Å². The summed E-state index contributed by atoms with van der Waals surface area (Å²) in [7, 11) is 0. The maximum absolute atomic E-state index is 12.0. The lowest BCUT2D eigenvalue weighted by Crippen LogP contribution is -2.61. The average molecular weight is 244 g/mol. The molecule has 1 aromatic heterocycles. The smallest absolute Gasteiger partial charge is 0.212 e. The van der Waals surface area contributed by atoms with Crippen LogP contribution >= 0.6 is 0 Å². The van der Waals surface area contributed by atoms with Gasteiger partial charge in [-0.05, 0) is 25.0 Å². The number of hydrogen-bond acceptors (Lipinski definition) is 2. The van der Waals surface area contributed by atoms with Crippen molar-refractivity contribution in [2.24, 2.45) is 0 Å². The molecule has 0 bridgehead atoms. The van der Waals surface area contributed by atoms with E-state index >= 15 is 0 Å². The number of H-pyrrole nitrogens is 1. The number of nitrogens with zero attached hydrogens (tertiary/aromatic N) is 2. The zero-order chi connectivity index (χ0) is 12.5. The standard InChI is InChI=1S/C13H13N3O2/c17-12-14-13(18)16(10-6-2-1-3-7-10)11-8-4-5-9-15(11)12/h1-3,6-7H,4-5,8-9H2/p+1. The monoisotopic (exact) mass is 244 g/mol. The normalized spacial score (nSPS) is 14.2. The van der Waals surface area contributed by atoms with Gasteiger partial charge >= 0.3 is 11.4 Å². The Bertz CT molecular complexity index is 686. The number of para-hydroxylation sites is 1. The van der Waals surface area contributed by atoms with Crippen molar-refractivity contribution in [1.29, 1.82) is 0 Å². The van der Waals surface area contributed by atoms with Crippen LogP contribution in [0.4, 0.5) is 0 Å². The van der Waals surface area contributed by atoms with E-state index in [1.54, 1.807) is 9.13 Å². The molecule has 1 aliphatic rings. The molecular formula is C13H14N3O2+. The van der Waals surface area contributed by atoms with Gasteiger partial charge in [-0.15, -0.1) is 0 Å². The van der Waals surface area contributed by atoms with Crippen LogP contribution in [0.3, 0.4) is 0 Å². The number of rotatable bonds is 1. The van der Waals surface area contributed by atoms with Crippen molar-refractivity contribution >= 4 is 0 Å². The molecule has 0 fully saturated rings. The molecule has 2 aromatic rings. The number of hydrogen-bond donors (Lipinski definition) is 1. The maximum atomic E-state index is 12.0. The van der Waals surface area contributed by atoms with E-state index in [1.807, 2.05) is 30.3 Å². The molecule has 0 unspecified atom stereocenters. The number of aromatic amines is 1. The minimum Gasteiger partial charge on any atom is -0.212 e. The number of benzene rings is 1. The van der Waals surface area contributed by atoms with E-state index in [0.717, 1.165) is 30.8 Å². The molecule has 1 aromatic carbocycles. The molecular weight excluding hydrogens is 230 g/mol. The summed E-state index contributed by atoms with van der Waals surface area (Å²) in [5.41, 5.74) is 0.130. The molecule has 0 radical (unpaired) electrons. The first-order valence-electron chi connectivity index (χ1n) is 6.11. The summed E-state index contributed by atoms with van der Waals surface area (Å²) in [5.74, 6) is 0.793. The largest absolute Gasteiger partial charge is 0.450 e. The van der Waals surface area contributed by atoms with Crippen molar-refractivity contribution in [3.8, 4) is 5.69 Å². The molecule has 5 heteroatoms. The first-order valence-corrected chi connectivity index (χ1v) is 6.11. The Labute approximate surface area is 103 Å². The molecule has 3 rings (SSSR count). The maximum Gasteiger partial charge on any atom is 0.450 e. The quantitative estimate of drug-likeness (QED) is 0.726. The van der Waals surface area contributed by atoms with E-state index in [-0.39, 0.29) is 11.4 Å². The first-order chi connectivity index (χ1) is 8.77. The van der Waals surface area contributed by atoms with Crippen LogP contribution in [0.15, 0.2) is 39.9 Å². The van der Waals surface area contributed by atoms with E-state index in [1.165, 1.54) is 0 Å². The Kier molecular flexibility index (Phi) is 2.59. The second-order valence-electron chi connectivity index (χ2n) is 4.43. The second kappa shape index (κ2) is 4.25. The van der Waals surface area contributed by atoms with Crippen LogP contribution in [0.25, 0.3) is 5.69 Å². The second-order valence-corrected chi connectivity index (χ2v) is 4.43. The van der Waals surface area contributed by atoms with Gasteiger partial charge in [0.25, 0.3) is 0 Å². The minimum absolute atomic E-state index is 0.304. The van der Waals surface area contributed by atoms with Gasteiger partial charge in [-0.2, -0.15) is 14.1 Å². The SMILES string of the molecule is O=c1[nH]c(=O)[n+]2c(n1-c1ccccc1)CCCC2. The molecule has 0 amide bonds. The fraction of sp³-hybridized carbons (Fsp3) is 0.308. The lowest BCUT2D eigenvalue weighted by Gasteiger charge is -2.15. The fourth-order valence-corrected chi connectivity index (χ4v) is 2.44. The molecule has 2 heterocycles. The molecule has 0 atom stereocenters. The predicted octanol–water partition coefficient (Wildman–Crippen LogP) is 0.150. The van der Waals surface area contributed by atoms with Crippen molar-refractivity contribution in [2.75, 3.05) is 0 Å². The summed E-state index contributed by atoms with van der Waals surface area (Å²) in [6.45, 7) is 0.678. The van der Waals surface area contributed by atoms with Crippen molar-refractivity contribution in [1.82, 2.24) is 9.55 Å². The van der Waals surface area contributed by atoms with E-state index in [9.17, 15) is 9.59 Å². The Morgan fingerprint density at radius 2 is 1.89 bits per heavy atom. The van der Waals surface area contributed by atoms with Crippen LogP contribution in [-0.4, -0.2) is 9.55 Å². The highest BCUT2D eigenvalue weighted by Crippen LogP contribution is 2.09. The van der Waals surface area contributed by atoms with Crippen molar-refractivity contribution in [2.45, 2.75) is 25.8 Å². The third kappa shape index (κ3) is 1.68. The first kappa shape index (κ1) is 11.0. The molecule has 5 nitrogen and oxygen atoms in total. The third-order valence-electron chi connectivity index (χ3n) is 3.28. The number of fused-ring (bicyclic) bond motifs is 1. The highest BCUT2D eigenvalue weighted by atomic mass is 16.2. The minimum atomic E-state index is -0.362. The van der Waals surface area contributed by atoms with Gasteiger partial charge in [0, 0.05) is 6.42 Å². The molecule has 0 aliphatic carbocycles. The van der Waals surface area contributed by atoms with E-state index < -0.39 is 0 Å². The molecule has 0 spiro atoms. The number of nitrogens with one attached hydrogen (secondary N) is 1. The summed E-state index contributed by atoms with van der Waals surface area (Å²) >= 11 is 0. The Hall–Kier alpha value is -2.17. The molecule has 0 saturated heterocycles. The van der Waals surface area contributed by atoms with E-state index in [4.69, 9.17) is 0 Å². The molecule has 1 aliphatic heterocycles. The summed E-state index contributed by atoms with van der Waals surface area (Å²) in [4.78, 5) is 26.1. The van der Waals surface area contributed by atoms with Gasteiger partial charge in [0.15, 0.2) is 0 Å². The van der Waals surface area contributed by atoms with Crippen LogP contribution in [0.2, 0.25) is 0 Å². The predicted molar refractivity (Wildman–Crippen MR) is 65.8 cm³/mol. The van der Waals surface area contributed by atoms with E-state index in [2.05, 4.69) is 4.98 Å². The van der Waals surface area contributed by atoms with Gasteiger partial charge < -0.3 is 0 Å².